The minimum absolute atomic E-state index is 0.0284. The molecule has 5 nitrogen and oxygen atoms in total. The number of ether oxygens (including phenoxy) is 1. The van der Waals surface area contributed by atoms with E-state index in [1.165, 1.54) is 12.1 Å². The number of nitrogens with zero attached hydrogens (tertiary/aromatic N) is 2. The summed E-state index contributed by atoms with van der Waals surface area (Å²) in [6, 6.07) is 3.07. The van der Waals surface area contributed by atoms with Gasteiger partial charge < -0.3 is 19.9 Å². The van der Waals surface area contributed by atoms with Crippen LogP contribution in [0.2, 0.25) is 0 Å². The quantitative estimate of drug-likeness (QED) is 0.915. The van der Waals surface area contributed by atoms with E-state index in [0.717, 1.165) is 12.6 Å². The zero-order valence-electron chi connectivity index (χ0n) is 13.5. The Labute approximate surface area is 135 Å². The molecule has 1 aliphatic heterocycles. The first kappa shape index (κ1) is 17.6. The molecule has 2 rings (SSSR count). The maximum Gasteiger partial charge on any atom is 0.317 e. The number of hydrogen-bond donors (Lipinski definition) is 1. The van der Waals surface area contributed by atoms with Crippen LogP contribution in [0.5, 0.6) is 0 Å². The average Bonchev–Trinajstić information content (AvgIpc) is 2.71. The summed E-state index contributed by atoms with van der Waals surface area (Å²) in [4.78, 5) is 16.0. The fourth-order valence-electron chi connectivity index (χ4n) is 2.64. The summed E-state index contributed by atoms with van der Waals surface area (Å²) in [6.45, 7) is 3.06. The molecule has 2 amide bonds. The van der Waals surface area contributed by atoms with Crippen molar-refractivity contribution in [2.75, 3.05) is 46.9 Å². The van der Waals surface area contributed by atoms with Crippen LogP contribution >= 0.6 is 0 Å². The second-order valence-electron chi connectivity index (χ2n) is 6.04. The number of carbonyl (C=O) groups excluding carboxylic acids is 1. The van der Waals surface area contributed by atoms with Crippen LogP contribution in [0.1, 0.15) is 5.56 Å². The Hall–Kier alpha value is -1.73. The molecule has 1 aromatic rings. The number of amides is 2. The Morgan fingerprint density at radius 3 is 2.91 bits per heavy atom. The molecule has 128 valence electrons. The highest BCUT2D eigenvalue weighted by atomic mass is 19.1. The van der Waals surface area contributed by atoms with Gasteiger partial charge in [-0.25, -0.2) is 13.6 Å². The summed E-state index contributed by atoms with van der Waals surface area (Å²) in [5.41, 5.74) is 0.260. The maximum absolute atomic E-state index is 13.6. The molecular formula is C16H23F2N3O2. The summed E-state index contributed by atoms with van der Waals surface area (Å²) in [7, 11) is 3.96. The highest BCUT2D eigenvalue weighted by Crippen LogP contribution is 2.11. The molecule has 0 spiro atoms. The van der Waals surface area contributed by atoms with Gasteiger partial charge in [-0.3, -0.25) is 0 Å². The molecule has 0 aliphatic carbocycles. The van der Waals surface area contributed by atoms with Crippen molar-refractivity contribution in [1.29, 1.82) is 0 Å². The molecular weight excluding hydrogens is 304 g/mol. The smallest absolute Gasteiger partial charge is 0.317 e. The molecule has 1 aliphatic rings. The van der Waals surface area contributed by atoms with Gasteiger partial charge >= 0.3 is 6.03 Å². The first-order chi connectivity index (χ1) is 11.0. The summed E-state index contributed by atoms with van der Waals surface area (Å²) in [6.07, 6.45) is 0. The van der Waals surface area contributed by atoms with Crippen molar-refractivity contribution >= 4 is 6.03 Å². The van der Waals surface area contributed by atoms with Crippen LogP contribution in [0.25, 0.3) is 0 Å². The second-order valence-corrected chi connectivity index (χ2v) is 6.04. The molecule has 1 N–H and O–H groups in total. The molecule has 1 saturated heterocycles. The van der Waals surface area contributed by atoms with Crippen molar-refractivity contribution in [3.05, 3.63) is 35.4 Å². The first-order valence-electron chi connectivity index (χ1n) is 7.65. The molecule has 1 atom stereocenters. The fraction of sp³-hybridized carbons (Fsp3) is 0.562. The van der Waals surface area contributed by atoms with Gasteiger partial charge in [0.1, 0.15) is 11.6 Å². The molecule has 1 fully saturated rings. The SMILES string of the molecule is CN(C)C[C@H]1COCCN(C(=O)NCc2ccc(F)cc2F)C1. The molecule has 1 heterocycles. The zero-order valence-corrected chi connectivity index (χ0v) is 13.5. The van der Waals surface area contributed by atoms with Gasteiger partial charge in [-0.05, 0) is 20.2 Å². The summed E-state index contributed by atoms with van der Waals surface area (Å²) >= 11 is 0. The standard InChI is InChI=1S/C16H23F2N3O2/c1-20(2)9-12-10-21(5-6-23-11-12)16(22)19-8-13-3-4-14(17)7-15(13)18/h3-4,7,12H,5-6,8-11H2,1-2H3,(H,19,22)/t12-/m1/s1. The Morgan fingerprint density at radius 2 is 2.22 bits per heavy atom. The number of benzene rings is 1. The Kier molecular flexibility index (Phi) is 6.29. The van der Waals surface area contributed by atoms with Crippen LogP contribution in [0, 0.1) is 17.6 Å². The Morgan fingerprint density at radius 1 is 1.43 bits per heavy atom. The average molecular weight is 327 g/mol. The van der Waals surface area contributed by atoms with E-state index in [4.69, 9.17) is 4.74 Å². The van der Waals surface area contributed by atoms with E-state index in [0.29, 0.717) is 26.3 Å². The van der Waals surface area contributed by atoms with E-state index in [-0.39, 0.29) is 24.1 Å². The van der Waals surface area contributed by atoms with Gasteiger partial charge in [0, 0.05) is 43.7 Å². The lowest BCUT2D eigenvalue weighted by atomic mass is 10.1. The third-order valence-electron chi connectivity index (χ3n) is 3.69. The lowest BCUT2D eigenvalue weighted by Gasteiger charge is -2.25. The van der Waals surface area contributed by atoms with Crippen LogP contribution < -0.4 is 5.32 Å². The lowest BCUT2D eigenvalue weighted by molar-refractivity contribution is 0.112. The van der Waals surface area contributed by atoms with Gasteiger partial charge in [0.25, 0.3) is 0 Å². The molecule has 23 heavy (non-hydrogen) atoms. The van der Waals surface area contributed by atoms with Gasteiger partial charge in [0.05, 0.1) is 13.2 Å². The van der Waals surface area contributed by atoms with Crippen molar-refractivity contribution in [2.24, 2.45) is 5.92 Å². The minimum Gasteiger partial charge on any atom is -0.379 e. The van der Waals surface area contributed by atoms with Gasteiger partial charge in [-0.2, -0.15) is 0 Å². The highest BCUT2D eigenvalue weighted by Gasteiger charge is 2.22. The molecule has 1 aromatic carbocycles. The number of carbonyl (C=O) groups is 1. The van der Waals surface area contributed by atoms with Crippen molar-refractivity contribution in [1.82, 2.24) is 15.1 Å². The molecule has 0 aromatic heterocycles. The molecule has 7 heteroatoms. The fourth-order valence-corrected chi connectivity index (χ4v) is 2.64. The Bertz CT molecular complexity index is 540. The zero-order chi connectivity index (χ0) is 16.8. The normalized spacial score (nSPS) is 18.8. The van der Waals surface area contributed by atoms with E-state index in [1.807, 2.05) is 14.1 Å². The van der Waals surface area contributed by atoms with Crippen LogP contribution in [-0.2, 0) is 11.3 Å². The van der Waals surface area contributed by atoms with E-state index < -0.39 is 11.6 Å². The molecule has 0 radical (unpaired) electrons. The second kappa shape index (κ2) is 8.21. The van der Waals surface area contributed by atoms with Crippen LogP contribution in [-0.4, -0.2) is 62.8 Å². The largest absolute Gasteiger partial charge is 0.379 e. The Balaban J connectivity index is 1.90. The predicted molar refractivity (Wildman–Crippen MR) is 83.0 cm³/mol. The highest BCUT2D eigenvalue weighted by molar-refractivity contribution is 5.74. The first-order valence-corrected chi connectivity index (χ1v) is 7.65. The molecule has 0 unspecified atom stereocenters. The van der Waals surface area contributed by atoms with Crippen molar-refractivity contribution in [3.8, 4) is 0 Å². The van der Waals surface area contributed by atoms with E-state index in [2.05, 4.69) is 10.2 Å². The summed E-state index contributed by atoms with van der Waals surface area (Å²) in [5.74, 6) is -1.05. The van der Waals surface area contributed by atoms with E-state index in [9.17, 15) is 13.6 Å². The number of urea groups is 1. The lowest BCUT2D eigenvalue weighted by Crippen LogP contribution is -2.44. The van der Waals surface area contributed by atoms with Crippen LogP contribution in [0.3, 0.4) is 0 Å². The number of nitrogens with one attached hydrogen (secondary N) is 1. The van der Waals surface area contributed by atoms with Gasteiger partial charge in [-0.1, -0.05) is 6.07 Å². The van der Waals surface area contributed by atoms with Crippen molar-refractivity contribution in [2.45, 2.75) is 6.54 Å². The summed E-state index contributed by atoms with van der Waals surface area (Å²) < 4.78 is 32.0. The number of rotatable bonds is 4. The third-order valence-corrected chi connectivity index (χ3v) is 3.69. The minimum atomic E-state index is -0.657. The van der Waals surface area contributed by atoms with Crippen LogP contribution in [0.15, 0.2) is 18.2 Å². The van der Waals surface area contributed by atoms with Gasteiger partial charge in [0.15, 0.2) is 0 Å². The van der Waals surface area contributed by atoms with E-state index >= 15 is 0 Å². The number of halogens is 2. The monoisotopic (exact) mass is 327 g/mol. The van der Waals surface area contributed by atoms with Crippen LogP contribution in [0.4, 0.5) is 13.6 Å². The van der Waals surface area contributed by atoms with Gasteiger partial charge in [0.2, 0.25) is 0 Å². The number of hydrogen-bond acceptors (Lipinski definition) is 3. The molecule has 0 saturated carbocycles. The third kappa shape index (κ3) is 5.44. The topological polar surface area (TPSA) is 44.8 Å². The summed E-state index contributed by atoms with van der Waals surface area (Å²) in [5, 5.41) is 2.69. The van der Waals surface area contributed by atoms with Crippen molar-refractivity contribution in [3.63, 3.8) is 0 Å². The molecule has 0 bridgehead atoms. The van der Waals surface area contributed by atoms with E-state index in [1.54, 1.807) is 4.90 Å². The van der Waals surface area contributed by atoms with Gasteiger partial charge in [-0.15, -0.1) is 0 Å². The predicted octanol–water partition coefficient (Wildman–Crippen LogP) is 1.68. The van der Waals surface area contributed by atoms with Crippen molar-refractivity contribution < 1.29 is 18.3 Å². The maximum atomic E-state index is 13.6.